The summed E-state index contributed by atoms with van der Waals surface area (Å²) < 4.78 is 17.0. The first-order valence-corrected chi connectivity index (χ1v) is 9.57. The zero-order chi connectivity index (χ0) is 19.1. The van der Waals surface area contributed by atoms with Crippen molar-refractivity contribution in [3.8, 4) is 11.5 Å². The molecule has 3 aromatic rings. The monoisotopic (exact) mass is 406 g/mol. The average molecular weight is 407 g/mol. The molecule has 0 saturated heterocycles. The van der Waals surface area contributed by atoms with E-state index in [-0.39, 0.29) is 0 Å². The second kappa shape index (κ2) is 9.70. The standard InChI is InChI=1S/C21H21Cl2NO3/c1-2-25-20-11-16(12-24-13-18-4-3-9-26-18)10-19(23)21(20)27-14-15-5-7-17(22)8-6-15/h3-11,24H,2,12-14H2,1H3/p+1. The fraction of sp³-hybridized carbons (Fsp3) is 0.238. The minimum atomic E-state index is 0.390. The third-order valence-corrected chi connectivity index (χ3v) is 4.50. The Morgan fingerprint density at radius 1 is 0.963 bits per heavy atom. The third kappa shape index (κ3) is 5.67. The molecule has 0 fully saturated rings. The van der Waals surface area contributed by atoms with E-state index in [1.165, 1.54) is 0 Å². The van der Waals surface area contributed by atoms with E-state index in [1.54, 1.807) is 6.26 Å². The molecule has 1 aromatic heterocycles. The summed E-state index contributed by atoms with van der Waals surface area (Å²) in [7, 11) is 0. The highest BCUT2D eigenvalue weighted by molar-refractivity contribution is 6.32. The van der Waals surface area contributed by atoms with Gasteiger partial charge < -0.3 is 19.2 Å². The van der Waals surface area contributed by atoms with Gasteiger partial charge in [0.1, 0.15) is 19.7 Å². The third-order valence-electron chi connectivity index (χ3n) is 3.97. The van der Waals surface area contributed by atoms with Crippen LogP contribution in [0.5, 0.6) is 11.5 Å². The first-order valence-electron chi connectivity index (χ1n) is 8.82. The van der Waals surface area contributed by atoms with E-state index in [2.05, 4.69) is 5.32 Å². The van der Waals surface area contributed by atoms with Crippen LogP contribution in [0.2, 0.25) is 10.0 Å². The molecule has 0 aliphatic carbocycles. The van der Waals surface area contributed by atoms with E-state index in [1.807, 2.05) is 55.5 Å². The molecule has 0 amide bonds. The Morgan fingerprint density at radius 3 is 2.48 bits per heavy atom. The summed E-state index contributed by atoms with van der Waals surface area (Å²) in [5, 5.41) is 3.38. The van der Waals surface area contributed by atoms with Crippen molar-refractivity contribution in [1.82, 2.24) is 0 Å². The van der Waals surface area contributed by atoms with Gasteiger partial charge in [-0.2, -0.15) is 0 Å². The first-order chi connectivity index (χ1) is 13.2. The maximum atomic E-state index is 6.48. The molecular formula is C21H22Cl2NO3+. The normalized spacial score (nSPS) is 10.8. The zero-order valence-corrected chi connectivity index (χ0v) is 16.6. The summed E-state index contributed by atoms with van der Waals surface area (Å²) in [4.78, 5) is 0. The molecule has 1 heterocycles. The Balaban J connectivity index is 1.68. The van der Waals surface area contributed by atoms with Crippen LogP contribution in [0.25, 0.3) is 0 Å². The number of hydrogen-bond donors (Lipinski definition) is 1. The lowest BCUT2D eigenvalue weighted by molar-refractivity contribution is -0.688. The molecule has 0 aliphatic heterocycles. The smallest absolute Gasteiger partial charge is 0.180 e. The van der Waals surface area contributed by atoms with E-state index in [4.69, 9.17) is 37.1 Å². The summed E-state index contributed by atoms with van der Waals surface area (Å²) in [5.41, 5.74) is 2.07. The van der Waals surface area contributed by atoms with Gasteiger partial charge in [0.2, 0.25) is 0 Å². The van der Waals surface area contributed by atoms with Crippen molar-refractivity contribution < 1.29 is 19.2 Å². The van der Waals surface area contributed by atoms with Gasteiger partial charge in [-0.1, -0.05) is 35.3 Å². The van der Waals surface area contributed by atoms with Gasteiger partial charge in [-0.25, -0.2) is 0 Å². The maximum absolute atomic E-state index is 6.48. The molecule has 27 heavy (non-hydrogen) atoms. The topological polar surface area (TPSA) is 48.2 Å². The van der Waals surface area contributed by atoms with Gasteiger partial charge in [-0.3, -0.25) is 0 Å². The highest BCUT2D eigenvalue weighted by Gasteiger charge is 2.14. The number of benzene rings is 2. The second-order valence-corrected chi connectivity index (χ2v) is 6.87. The predicted octanol–water partition coefficient (Wildman–Crippen LogP) is 4.83. The zero-order valence-electron chi connectivity index (χ0n) is 15.1. The van der Waals surface area contributed by atoms with Gasteiger partial charge >= 0.3 is 0 Å². The SMILES string of the molecule is CCOc1cc(C[NH2+]Cc2ccco2)cc(Cl)c1OCc1ccc(Cl)cc1. The van der Waals surface area contributed by atoms with Crippen LogP contribution in [-0.4, -0.2) is 6.61 Å². The number of rotatable bonds is 9. The molecule has 0 spiro atoms. The van der Waals surface area contributed by atoms with Crippen LogP contribution >= 0.6 is 23.2 Å². The van der Waals surface area contributed by atoms with Crippen LogP contribution in [-0.2, 0) is 19.7 Å². The van der Waals surface area contributed by atoms with Crippen molar-refractivity contribution in [2.24, 2.45) is 0 Å². The second-order valence-electron chi connectivity index (χ2n) is 6.03. The van der Waals surface area contributed by atoms with E-state index in [0.29, 0.717) is 34.8 Å². The van der Waals surface area contributed by atoms with Crippen molar-refractivity contribution in [3.63, 3.8) is 0 Å². The van der Waals surface area contributed by atoms with E-state index >= 15 is 0 Å². The molecule has 0 saturated carbocycles. The molecule has 2 aromatic carbocycles. The van der Waals surface area contributed by atoms with Crippen LogP contribution in [0.3, 0.4) is 0 Å². The van der Waals surface area contributed by atoms with Gasteiger partial charge in [0.25, 0.3) is 0 Å². The Hall–Kier alpha value is -2.14. The quantitative estimate of drug-likeness (QED) is 0.553. The van der Waals surface area contributed by atoms with Gasteiger partial charge in [0.15, 0.2) is 17.3 Å². The minimum Gasteiger partial charge on any atom is -0.490 e. The maximum Gasteiger partial charge on any atom is 0.180 e. The number of furan rings is 1. The van der Waals surface area contributed by atoms with Gasteiger partial charge in [0.05, 0.1) is 17.9 Å². The van der Waals surface area contributed by atoms with Gasteiger partial charge in [-0.15, -0.1) is 0 Å². The predicted molar refractivity (Wildman–Crippen MR) is 106 cm³/mol. The fourth-order valence-electron chi connectivity index (χ4n) is 2.69. The number of ether oxygens (including phenoxy) is 2. The molecule has 0 radical (unpaired) electrons. The molecule has 0 aliphatic rings. The van der Waals surface area contributed by atoms with Crippen molar-refractivity contribution in [3.05, 3.63) is 81.7 Å². The Kier molecular flexibility index (Phi) is 7.04. The summed E-state index contributed by atoms with van der Waals surface area (Å²) >= 11 is 12.4. The van der Waals surface area contributed by atoms with Crippen molar-refractivity contribution in [2.75, 3.05) is 6.61 Å². The molecule has 3 rings (SSSR count). The fourth-order valence-corrected chi connectivity index (χ4v) is 3.10. The lowest BCUT2D eigenvalue weighted by atomic mass is 10.2. The highest BCUT2D eigenvalue weighted by atomic mass is 35.5. The van der Waals surface area contributed by atoms with E-state index in [0.717, 1.165) is 30.0 Å². The molecule has 0 bridgehead atoms. The van der Waals surface area contributed by atoms with Crippen LogP contribution in [0.4, 0.5) is 0 Å². The number of nitrogens with two attached hydrogens (primary N) is 1. The number of halogens is 2. The summed E-state index contributed by atoms with van der Waals surface area (Å²) in [5.74, 6) is 2.15. The highest BCUT2D eigenvalue weighted by Crippen LogP contribution is 2.37. The van der Waals surface area contributed by atoms with Crippen molar-refractivity contribution in [2.45, 2.75) is 26.6 Å². The largest absolute Gasteiger partial charge is 0.490 e. The Bertz CT molecular complexity index is 849. The van der Waals surface area contributed by atoms with Crippen LogP contribution in [0.1, 0.15) is 23.8 Å². The van der Waals surface area contributed by atoms with Crippen molar-refractivity contribution >= 4 is 23.2 Å². The first kappa shape index (κ1) is 19.6. The molecule has 0 atom stereocenters. The average Bonchev–Trinajstić information content (AvgIpc) is 3.16. The lowest BCUT2D eigenvalue weighted by Crippen LogP contribution is -2.80. The molecule has 142 valence electrons. The molecular weight excluding hydrogens is 385 g/mol. The number of hydrogen-bond acceptors (Lipinski definition) is 3. The van der Waals surface area contributed by atoms with Crippen LogP contribution in [0.15, 0.2) is 59.2 Å². The Morgan fingerprint density at radius 2 is 1.78 bits per heavy atom. The molecule has 2 N–H and O–H groups in total. The summed E-state index contributed by atoms with van der Waals surface area (Å²) in [6, 6.07) is 15.3. The minimum absolute atomic E-state index is 0.390. The summed E-state index contributed by atoms with van der Waals surface area (Å²) in [6.45, 7) is 4.39. The van der Waals surface area contributed by atoms with E-state index < -0.39 is 0 Å². The summed E-state index contributed by atoms with van der Waals surface area (Å²) in [6.07, 6.45) is 1.68. The lowest BCUT2D eigenvalue weighted by Gasteiger charge is -2.15. The molecule has 6 heteroatoms. The number of quaternary nitrogens is 1. The van der Waals surface area contributed by atoms with Crippen LogP contribution < -0.4 is 14.8 Å². The van der Waals surface area contributed by atoms with Crippen LogP contribution in [0, 0.1) is 0 Å². The van der Waals surface area contributed by atoms with E-state index in [9.17, 15) is 0 Å². The van der Waals surface area contributed by atoms with Crippen molar-refractivity contribution in [1.29, 1.82) is 0 Å². The van der Waals surface area contributed by atoms with Gasteiger partial charge in [-0.05, 0) is 48.9 Å². The molecule has 0 unspecified atom stereocenters. The van der Waals surface area contributed by atoms with Gasteiger partial charge in [0, 0.05) is 10.6 Å². The Labute approximate surface area is 169 Å². The molecule has 4 nitrogen and oxygen atoms in total.